The first-order valence-corrected chi connectivity index (χ1v) is 10.8. The highest BCUT2D eigenvalue weighted by molar-refractivity contribution is 7.11. The Morgan fingerprint density at radius 3 is 2.97 bits per heavy atom. The van der Waals surface area contributed by atoms with Gasteiger partial charge in [-0.1, -0.05) is 18.2 Å². The topological polar surface area (TPSA) is 67.4 Å². The second-order valence-corrected chi connectivity index (χ2v) is 9.00. The second-order valence-electron chi connectivity index (χ2n) is 7.68. The van der Waals surface area contributed by atoms with E-state index >= 15 is 0 Å². The average Bonchev–Trinajstić information content (AvgIpc) is 3.11. The number of para-hydroxylation sites is 1. The van der Waals surface area contributed by atoms with Gasteiger partial charge in [0.05, 0.1) is 28.4 Å². The number of hydrogen-bond donors (Lipinski definition) is 1. The zero-order chi connectivity index (χ0) is 20.4. The largest absolute Gasteiger partial charge is 0.369 e. The Balaban J connectivity index is 1.61. The molecule has 0 spiro atoms. The summed E-state index contributed by atoms with van der Waals surface area (Å²) >= 11 is 1.73. The molecule has 1 aromatic carbocycles. The first-order chi connectivity index (χ1) is 14.0. The summed E-state index contributed by atoms with van der Waals surface area (Å²) in [6.07, 6.45) is 1.79. The van der Waals surface area contributed by atoms with Gasteiger partial charge < -0.3 is 10.1 Å². The predicted molar refractivity (Wildman–Crippen MR) is 115 cm³/mol. The minimum atomic E-state index is -0.159. The lowest BCUT2D eigenvalue weighted by Crippen LogP contribution is -2.38. The van der Waals surface area contributed by atoms with Crippen LogP contribution in [0.5, 0.6) is 0 Å². The molecule has 1 aliphatic heterocycles. The molecule has 1 amide bonds. The van der Waals surface area contributed by atoms with E-state index in [1.807, 2.05) is 57.3 Å². The standard InChI is InChI=1S/C22H26N4O2S/c1-14(2)24-22(27)18-10-20(25-19-7-5-4-6-17(18)19)21-13-26(8-9-28-21)12-16-11-23-15(3)29-16/h4-7,10-11,14,21H,8-9,12-13H2,1-3H3,(H,24,27). The van der Waals surface area contributed by atoms with Gasteiger partial charge in [0.15, 0.2) is 0 Å². The van der Waals surface area contributed by atoms with Crippen LogP contribution in [0.3, 0.4) is 0 Å². The van der Waals surface area contributed by atoms with Gasteiger partial charge in [-0.25, -0.2) is 9.97 Å². The van der Waals surface area contributed by atoms with Crippen molar-refractivity contribution in [2.45, 2.75) is 39.5 Å². The maximum atomic E-state index is 12.8. The normalized spacial score (nSPS) is 17.7. The van der Waals surface area contributed by atoms with Crippen LogP contribution in [-0.4, -0.2) is 46.5 Å². The number of amides is 1. The summed E-state index contributed by atoms with van der Waals surface area (Å²) in [6, 6.07) is 9.75. The second kappa shape index (κ2) is 8.57. The molecule has 0 bridgehead atoms. The smallest absolute Gasteiger partial charge is 0.252 e. The van der Waals surface area contributed by atoms with E-state index in [2.05, 4.69) is 15.2 Å². The highest BCUT2D eigenvalue weighted by Gasteiger charge is 2.25. The Kier molecular flexibility index (Phi) is 5.89. The third kappa shape index (κ3) is 4.63. The van der Waals surface area contributed by atoms with Crippen LogP contribution < -0.4 is 5.32 Å². The molecule has 1 aliphatic rings. The molecule has 7 heteroatoms. The number of aromatic nitrogens is 2. The van der Waals surface area contributed by atoms with Crippen molar-refractivity contribution in [2.75, 3.05) is 19.7 Å². The summed E-state index contributed by atoms with van der Waals surface area (Å²) in [5, 5.41) is 4.95. The number of fused-ring (bicyclic) bond motifs is 1. The van der Waals surface area contributed by atoms with E-state index < -0.39 is 0 Å². The number of rotatable bonds is 5. The number of carbonyl (C=O) groups excluding carboxylic acids is 1. The molecular weight excluding hydrogens is 384 g/mol. The number of nitrogens with one attached hydrogen (secondary N) is 1. The summed E-state index contributed by atoms with van der Waals surface area (Å²) in [4.78, 5) is 25.6. The lowest BCUT2D eigenvalue weighted by atomic mass is 10.0. The molecule has 6 nitrogen and oxygen atoms in total. The molecule has 1 unspecified atom stereocenters. The van der Waals surface area contributed by atoms with Crippen LogP contribution in [0.2, 0.25) is 0 Å². The quantitative estimate of drug-likeness (QED) is 0.695. The van der Waals surface area contributed by atoms with Gasteiger partial charge >= 0.3 is 0 Å². The van der Waals surface area contributed by atoms with Crippen molar-refractivity contribution in [2.24, 2.45) is 0 Å². The molecule has 1 fully saturated rings. The minimum absolute atomic E-state index is 0.0714. The molecule has 3 heterocycles. The highest BCUT2D eigenvalue weighted by Crippen LogP contribution is 2.27. The van der Waals surface area contributed by atoms with E-state index in [1.54, 1.807) is 11.3 Å². The predicted octanol–water partition coefficient (Wildman–Crippen LogP) is 3.71. The molecule has 0 radical (unpaired) electrons. The number of thiazole rings is 1. The lowest BCUT2D eigenvalue weighted by molar-refractivity contribution is -0.0345. The fourth-order valence-electron chi connectivity index (χ4n) is 3.61. The van der Waals surface area contributed by atoms with Gasteiger partial charge in [0.2, 0.25) is 0 Å². The van der Waals surface area contributed by atoms with Gasteiger partial charge in [-0.15, -0.1) is 11.3 Å². The Morgan fingerprint density at radius 1 is 1.38 bits per heavy atom. The van der Waals surface area contributed by atoms with Gasteiger partial charge in [0, 0.05) is 42.1 Å². The van der Waals surface area contributed by atoms with Crippen molar-refractivity contribution >= 4 is 28.1 Å². The van der Waals surface area contributed by atoms with Gasteiger partial charge in [-0.05, 0) is 32.9 Å². The first kappa shape index (κ1) is 19.9. The molecule has 1 atom stereocenters. The summed E-state index contributed by atoms with van der Waals surface area (Å²) in [6.45, 7) is 9.08. The van der Waals surface area contributed by atoms with Gasteiger partial charge in [0.25, 0.3) is 5.91 Å². The van der Waals surface area contributed by atoms with Gasteiger partial charge in [-0.3, -0.25) is 9.69 Å². The molecule has 2 aromatic heterocycles. The van der Waals surface area contributed by atoms with Gasteiger partial charge in [0.1, 0.15) is 6.10 Å². The number of carbonyl (C=O) groups is 1. The van der Waals surface area contributed by atoms with E-state index in [4.69, 9.17) is 9.72 Å². The highest BCUT2D eigenvalue weighted by atomic mass is 32.1. The third-order valence-corrected chi connectivity index (χ3v) is 5.83. The van der Waals surface area contributed by atoms with Crippen LogP contribution in [0.25, 0.3) is 10.9 Å². The number of pyridine rings is 1. The van der Waals surface area contributed by atoms with Crippen LogP contribution in [0.4, 0.5) is 0 Å². The molecule has 29 heavy (non-hydrogen) atoms. The summed E-state index contributed by atoms with van der Waals surface area (Å²) < 4.78 is 6.05. The van der Waals surface area contributed by atoms with Gasteiger partial charge in [-0.2, -0.15) is 0 Å². The fraction of sp³-hybridized carbons (Fsp3) is 0.409. The van der Waals surface area contributed by atoms with Crippen molar-refractivity contribution in [3.05, 3.63) is 57.7 Å². The number of ether oxygens (including phenoxy) is 1. The summed E-state index contributed by atoms with van der Waals surface area (Å²) in [7, 11) is 0. The summed E-state index contributed by atoms with van der Waals surface area (Å²) in [5.41, 5.74) is 2.28. The van der Waals surface area contributed by atoms with Crippen molar-refractivity contribution < 1.29 is 9.53 Å². The Morgan fingerprint density at radius 2 is 2.21 bits per heavy atom. The number of benzene rings is 1. The fourth-order valence-corrected chi connectivity index (χ4v) is 4.45. The van der Waals surface area contributed by atoms with E-state index in [9.17, 15) is 4.79 Å². The monoisotopic (exact) mass is 410 g/mol. The van der Waals surface area contributed by atoms with Crippen molar-refractivity contribution in [3.8, 4) is 0 Å². The number of nitrogens with zero attached hydrogens (tertiary/aromatic N) is 3. The molecule has 0 aliphatic carbocycles. The molecule has 1 N–H and O–H groups in total. The number of morpholine rings is 1. The van der Waals surface area contributed by atoms with Crippen LogP contribution >= 0.6 is 11.3 Å². The Hall–Kier alpha value is -2.35. The number of aryl methyl sites for hydroxylation is 1. The van der Waals surface area contributed by atoms with E-state index in [0.29, 0.717) is 12.2 Å². The number of hydrogen-bond acceptors (Lipinski definition) is 6. The van der Waals surface area contributed by atoms with Crippen LogP contribution in [0.1, 0.15) is 45.9 Å². The zero-order valence-corrected chi connectivity index (χ0v) is 17.8. The average molecular weight is 411 g/mol. The minimum Gasteiger partial charge on any atom is -0.369 e. The molecule has 0 saturated carbocycles. The summed E-state index contributed by atoms with van der Waals surface area (Å²) in [5.74, 6) is -0.0762. The molecular formula is C22H26N4O2S. The first-order valence-electron chi connectivity index (χ1n) is 9.95. The Bertz CT molecular complexity index is 1020. The van der Waals surface area contributed by atoms with Crippen molar-refractivity contribution in [3.63, 3.8) is 0 Å². The molecule has 152 valence electrons. The molecule has 3 aromatic rings. The Labute approximate surface area is 174 Å². The molecule has 4 rings (SSSR count). The molecule has 1 saturated heterocycles. The third-order valence-electron chi connectivity index (χ3n) is 4.93. The van der Waals surface area contributed by atoms with Crippen molar-refractivity contribution in [1.82, 2.24) is 20.2 Å². The van der Waals surface area contributed by atoms with Crippen molar-refractivity contribution in [1.29, 1.82) is 0 Å². The van der Waals surface area contributed by atoms with E-state index in [-0.39, 0.29) is 18.1 Å². The van der Waals surface area contributed by atoms with Crippen LogP contribution in [0, 0.1) is 6.92 Å². The maximum absolute atomic E-state index is 12.8. The van der Waals surface area contributed by atoms with E-state index in [1.165, 1.54) is 4.88 Å². The lowest BCUT2D eigenvalue weighted by Gasteiger charge is -2.32. The maximum Gasteiger partial charge on any atom is 0.252 e. The SMILES string of the molecule is Cc1ncc(CN2CCOC(c3cc(C(=O)NC(C)C)c4ccccc4n3)C2)s1. The van der Waals surface area contributed by atoms with Crippen LogP contribution in [0.15, 0.2) is 36.5 Å². The van der Waals surface area contributed by atoms with E-state index in [0.717, 1.165) is 41.2 Å². The van der Waals surface area contributed by atoms with Crippen LogP contribution in [-0.2, 0) is 11.3 Å². The zero-order valence-electron chi connectivity index (χ0n) is 17.0.